The monoisotopic (exact) mass is 572 g/mol. The van der Waals surface area contributed by atoms with E-state index in [1.165, 1.54) is 0 Å². The molecule has 0 fully saturated rings. The van der Waals surface area contributed by atoms with Crippen molar-refractivity contribution in [1.29, 1.82) is 0 Å². The quantitative estimate of drug-likeness (QED) is 0.145. The van der Waals surface area contributed by atoms with Gasteiger partial charge >= 0.3 is 5.69 Å². The molecule has 5 aromatic rings. The number of nitrogens with one attached hydrogen (secondary N) is 2. The van der Waals surface area contributed by atoms with Gasteiger partial charge in [0.15, 0.2) is 11.4 Å². The van der Waals surface area contributed by atoms with Crippen molar-refractivity contribution in [3.05, 3.63) is 139 Å². The fraction of sp³-hybridized carbons (Fsp3) is 0.129. The molecule has 204 valence electrons. The van der Waals surface area contributed by atoms with E-state index in [1.807, 2.05) is 24.3 Å². The minimum atomic E-state index is -0.170. The topological polar surface area (TPSA) is 84.6 Å². The molecule has 0 aliphatic carbocycles. The van der Waals surface area contributed by atoms with Crippen molar-refractivity contribution in [3.8, 4) is 0 Å². The van der Waals surface area contributed by atoms with Crippen molar-refractivity contribution < 1.29 is 0 Å². The number of anilines is 2. The number of hydrogen-bond acceptors (Lipinski definition) is 3. The summed E-state index contributed by atoms with van der Waals surface area (Å²) >= 11 is 11.9. The molecule has 0 unspecified atom stereocenters. The van der Waals surface area contributed by atoms with Crippen molar-refractivity contribution in [2.75, 3.05) is 11.1 Å². The number of H-pyrrole nitrogens is 1. The highest BCUT2D eigenvalue weighted by Crippen LogP contribution is 2.24. The lowest BCUT2D eigenvalue weighted by atomic mass is 10.2. The lowest BCUT2D eigenvalue weighted by Crippen LogP contribution is -2.17. The summed E-state index contributed by atoms with van der Waals surface area (Å²) in [6, 6.07) is 25.2. The molecule has 1 aromatic heterocycles. The summed E-state index contributed by atoms with van der Waals surface area (Å²) in [5, 5.41) is 4.46. The van der Waals surface area contributed by atoms with Crippen LogP contribution >= 0.6 is 23.2 Å². The average molecular weight is 574 g/mol. The molecule has 0 bridgehead atoms. The first-order chi connectivity index (χ1) is 18.4. The number of benzene rings is 4. The Balaban J connectivity index is 0.000000268. The maximum atomic E-state index is 12.0. The Labute approximate surface area is 244 Å². The first-order valence-electron chi connectivity index (χ1n) is 11.5. The second-order valence-electron chi connectivity index (χ2n) is 8.32. The van der Waals surface area contributed by atoms with Gasteiger partial charge in [-0.3, -0.25) is 4.57 Å². The number of halogens is 2. The van der Waals surface area contributed by atoms with Gasteiger partial charge in [-0.1, -0.05) is 86.6 Å². The Hall–Kier alpha value is -4.69. The van der Waals surface area contributed by atoms with Crippen LogP contribution in [0.5, 0.6) is 0 Å². The van der Waals surface area contributed by atoms with Crippen LogP contribution in [0.1, 0.15) is 26.0 Å². The number of imidazole rings is 1. The number of hydrogen-bond donors (Lipinski definition) is 3. The van der Waals surface area contributed by atoms with E-state index >= 15 is 0 Å². The van der Waals surface area contributed by atoms with E-state index in [9.17, 15) is 4.79 Å². The molecule has 40 heavy (non-hydrogen) atoms. The highest BCUT2D eigenvalue weighted by Gasteiger charge is 2.08. The van der Waals surface area contributed by atoms with E-state index in [0.29, 0.717) is 40.2 Å². The molecular weight excluding hydrogens is 543 g/mol. The maximum absolute atomic E-state index is 12.0. The van der Waals surface area contributed by atoms with Crippen LogP contribution in [0.15, 0.2) is 89.7 Å². The third kappa shape index (κ3) is 7.91. The highest BCUT2D eigenvalue weighted by molar-refractivity contribution is 6.31. The van der Waals surface area contributed by atoms with Gasteiger partial charge in [-0.15, -0.1) is 0 Å². The van der Waals surface area contributed by atoms with Crippen LogP contribution in [0.4, 0.5) is 22.7 Å². The lowest BCUT2D eigenvalue weighted by Gasteiger charge is -2.09. The van der Waals surface area contributed by atoms with E-state index in [-0.39, 0.29) is 20.5 Å². The van der Waals surface area contributed by atoms with Gasteiger partial charge < -0.3 is 16.0 Å². The van der Waals surface area contributed by atoms with Crippen LogP contribution in [0.2, 0.25) is 10.0 Å². The van der Waals surface area contributed by atoms with Gasteiger partial charge in [0.1, 0.15) is 0 Å². The Bertz CT molecular complexity index is 1710. The third-order valence-electron chi connectivity index (χ3n) is 5.71. The molecule has 0 radical (unpaired) electrons. The van der Waals surface area contributed by atoms with Crippen LogP contribution in [0, 0.1) is 13.1 Å². The number of nitrogens with two attached hydrogens (primary N) is 1. The smallest absolute Gasteiger partial charge is 0.326 e. The van der Waals surface area contributed by atoms with Crippen molar-refractivity contribution in [2.45, 2.75) is 27.9 Å². The van der Waals surface area contributed by atoms with E-state index < -0.39 is 0 Å². The highest BCUT2D eigenvalue weighted by atomic mass is 35.5. The van der Waals surface area contributed by atoms with Crippen LogP contribution in [-0.2, 0) is 13.1 Å². The molecule has 0 atom stereocenters. The second kappa shape index (κ2) is 14.5. The molecule has 1 heterocycles. The van der Waals surface area contributed by atoms with Crippen LogP contribution in [0.25, 0.3) is 20.7 Å². The molecule has 4 aromatic carbocycles. The lowest BCUT2D eigenvalue weighted by molar-refractivity contribution is 0.787. The molecule has 0 spiro atoms. The SMILES string of the molecule is C.C.[C-]#[N+]c1ccc(CNc2cc(Cl)ccc2N)cc1.[C-]#[N+]c1ccc(Cn2c(=O)[nH]c3ccc(Cl)cc32)cc1. The van der Waals surface area contributed by atoms with Gasteiger partial charge in [-0.05, 0) is 47.5 Å². The van der Waals surface area contributed by atoms with Crippen molar-refractivity contribution in [2.24, 2.45) is 0 Å². The summed E-state index contributed by atoms with van der Waals surface area (Å²) in [6.45, 7) is 14.9. The molecular formula is C31H30Cl2N6O. The van der Waals surface area contributed by atoms with Crippen LogP contribution in [0.3, 0.4) is 0 Å². The predicted octanol–water partition coefficient (Wildman–Crippen LogP) is 8.94. The van der Waals surface area contributed by atoms with E-state index in [2.05, 4.69) is 20.0 Å². The van der Waals surface area contributed by atoms with Crippen LogP contribution in [-0.4, -0.2) is 9.55 Å². The van der Waals surface area contributed by atoms with Gasteiger partial charge in [0.2, 0.25) is 0 Å². The number of nitrogens with zero attached hydrogens (tertiary/aromatic N) is 3. The molecule has 0 amide bonds. The Kier molecular flexibility index (Phi) is 11.4. The maximum Gasteiger partial charge on any atom is 0.326 e. The number of aromatic amines is 1. The van der Waals surface area contributed by atoms with Crippen LogP contribution < -0.4 is 16.7 Å². The summed E-state index contributed by atoms with van der Waals surface area (Å²) in [5.41, 5.74) is 12.0. The zero-order valence-corrected chi connectivity index (χ0v) is 21.6. The Morgan fingerprint density at radius 1 is 0.800 bits per heavy atom. The van der Waals surface area contributed by atoms with Crippen molar-refractivity contribution in [1.82, 2.24) is 9.55 Å². The van der Waals surface area contributed by atoms with E-state index in [0.717, 1.165) is 27.8 Å². The number of nitrogen functional groups attached to an aromatic ring is 1. The minimum absolute atomic E-state index is 0. The fourth-order valence-corrected chi connectivity index (χ4v) is 4.05. The predicted molar refractivity (Wildman–Crippen MR) is 169 cm³/mol. The molecule has 9 heteroatoms. The molecule has 0 aliphatic heterocycles. The number of aromatic nitrogens is 2. The fourth-order valence-electron chi connectivity index (χ4n) is 3.71. The molecule has 0 saturated heterocycles. The zero-order valence-electron chi connectivity index (χ0n) is 20.1. The average Bonchev–Trinajstić information content (AvgIpc) is 3.24. The van der Waals surface area contributed by atoms with Gasteiger partial charge in [-0.25, -0.2) is 14.5 Å². The number of rotatable bonds is 5. The molecule has 4 N–H and O–H groups in total. The van der Waals surface area contributed by atoms with Gasteiger partial charge in [-0.2, -0.15) is 0 Å². The largest absolute Gasteiger partial charge is 0.397 e. The molecule has 0 saturated carbocycles. The summed E-state index contributed by atoms with van der Waals surface area (Å²) in [5.74, 6) is 0. The van der Waals surface area contributed by atoms with E-state index in [1.54, 1.807) is 65.2 Å². The molecule has 0 aliphatic rings. The summed E-state index contributed by atoms with van der Waals surface area (Å²) in [4.78, 5) is 21.5. The zero-order chi connectivity index (χ0) is 27.1. The van der Waals surface area contributed by atoms with E-state index in [4.69, 9.17) is 42.1 Å². The minimum Gasteiger partial charge on any atom is -0.397 e. The summed E-state index contributed by atoms with van der Waals surface area (Å²) in [7, 11) is 0. The standard InChI is InChI=1S/C15H10ClN3O.C14H12ClN3.2CH4/c1-17-12-5-2-10(3-6-12)9-19-14-8-11(16)4-7-13(14)18-15(19)20;1-17-12-5-2-10(3-6-12)9-18-14-8-11(15)4-7-13(14)16;;/h2-8H,9H2,(H,18,20);2-8,18H,9,16H2;2*1H4. The Morgan fingerprint density at radius 3 is 1.95 bits per heavy atom. The van der Waals surface area contributed by atoms with Crippen molar-refractivity contribution in [3.63, 3.8) is 0 Å². The molecule has 5 rings (SSSR count). The normalized spacial score (nSPS) is 9.70. The summed E-state index contributed by atoms with van der Waals surface area (Å²) < 4.78 is 1.63. The second-order valence-corrected chi connectivity index (χ2v) is 9.19. The van der Waals surface area contributed by atoms with Gasteiger partial charge in [0.25, 0.3) is 0 Å². The third-order valence-corrected chi connectivity index (χ3v) is 6.18. The van der Waals surface area contributed by atoms with Gasteiger partial charge in [0.05, 0.1) is 42.1 Å². The van der Waals surface area contributed by atoms with Crippen molar-refractivity contribution >= 4 is 57.0 Å². The summed E-state index contributed by atoms with van der Waals surface area (Å²) in [6.07, 6.45) is 0. The number of fused-ring (bicyclic) bond motifs is 1. The van der Waals surface area contributed by atoms with Gasteiger partial charge in [0, 0.05) is 16.6 Å². The first-order valence-corrected chi connectivity index (χ1v) is 12.2. The Morgan fingerprint density at radius 2 is 1.35 bits per heavy atom. The first kappa shape index (κ1) is 31.5. The molecule has 7 nitrogen and oxygen atoms in total.